The molecule has 0 aliphatic carbocycles. The first kappa shape index (κ1) is 22.1. The highest BCUT2D eigenvalue weighted by atomic mass is 17.2. The number of carboxylic acid groups (broad SMARTS) is 1. The molecule has 0 spiro atoms. The largest absolute Gasteiger partial charge is 0.508 e. The topological polar surface area (TPSA) is 152 Å². The molecule has 0 amide bonds. The molecular formula is C19H20O10. The quantitative estimate of drug-likeness (QED) is 0.211. The minimum Gasteiger partial charge on any atom is -0.508 e. The fourth-order valence-electron chi connectivity index (χ4n) is 2.37. The maximum atomic E-state index is 12.3. The van der Waals surface area contributed by atoms with Crippen LogP contribution in [-0.2, 0) is 32.6 Å². The number of esters is 1. The molecule has 29 heavy (non-hydrogen) atoms. The van der Waals surface area contributed by atoms with Crippen molar-refractivity contribution < 1.29 is 49.6 Å². The van der Waals surface area contributed by atoms with Crippen molar-refractivity contribution in [2.24, 2.45) is 0 Å². The van der Waals surface area contributed by atoms with Gasteiger partial charge in [0.1, 0.15) is 24.7 Å². The SMILES string of the molecule is CC(C)(OOCc1cc(O)ccc1COO)OC(=O)c1cc(O)ccc1C(=O)O. The Balaban J connectivity index is 2.04. The average Bonchev–Trinajstić information content (AvgIpc) is 2.63. The molecular weight excluding hydrogens is 388 g/mol. The molecule has 0 aromatic heterocycles. The second kappa shape index (κ2) is 9.34. The van der Waals surface area contributed by atoms with Gasteiger partial charge in [-0.2, -0.15) is 4.89 Å². The van der Waals surface area contributed by atoms with Crippen LogP contribution < -0.4 is 0 Å². The summed E-state index contributed by atoms with van der Waals surface area (Å²) in [7, 11) is 0. The summed E-state index contributed by atoms with van der Waals surface area (Å²) in [6, 6.07) is 7.48. The van der Waals surface area contributed by atoms with E-state index in [9.17, 15) is 19.8 Å². The second-order valence-corrected chi connectivity index (χ2v) is 6.40. The van der Waals surface area contributed by atoms with E-state index in [2.05, 4.69) is 4.89 Å². The predicted molar refractivity (Wildman–Crippen MR) is 96.0 cm³/mol. The van der Waals surface area contributed by atoms with E-state index in [0.717, 1.165) is 18.2 Å². The third kappa shape index (κ3) is 6.16. The zero-order valence-electron chi connectivity index (χ0n) is 15.6. The maximum absolute atomic E-state index is 12.3. The Morgan fingerprint density at radius 3 is 2.24 bits per heavy atom. The van der Waals surface area contributed by atoms with Crippen molar-refractivity contribution in [3.05, 3.63) is 58.7 Å². The molecule has 10 heteroatoms. The van der Waals surface area contributed by atoms with Gasteiger partial charge in [-0.05, 0) is 41.5 Å². The summed E-state index contributed by atoms with van der Waals surface area (Å²) < 4.78 is 5.13. The first-order chi connectivity index (χ1) is 13.6. The first-order valence-corrected chi connectivity index (χ1v) is 8.30. The van der Waals surface area contributed by atoms with Crippen molar-refractivity contribution >= 4 is 11.9 Å². The lowest BCUT2D eigenvalue weighted by Crippen LogP contribution is -2.32. The predicted octanol–water partition coefficient (Wildman–Crippen LogP) is 2.83. The van der Waals surface area contributed by atoms with Gasteiger partial charge in [0.15, 0.2) is 0 Å². The first-order valence-electron chi connectivity index (χ1n) is 8.30. The molecule has 0 bridgehead atoms. The van der Waals surface area contributed by atoms with E-state index in [1.165, 1.54) is 32.0 Å². The van der Waals surface area contributed by atoms with Crippen LogP contribution in [0.2, 0.25) is 0 Å². The zero-order valence-corrected chi connectivity index (χ0v) is 15.6. The second-order valence-electron chi connectivity index (χ2n) is 6.40. The van der Waals surface area contributed by atoms with Crippen molar-refractivity contribution in [2.45, 2.75) is 32.8 Å². The number of carboxylic acids is 1. The zero-order chi connectivity index (χ0) is 21.6. The minimum atomic E-state index is -1.62. The number of aromatic carboxylic acids is 1. The van der Waals surface area contributed by atoms with Crippen molar-refractivity contribution in [2.75, 3.05) is 0 Å². The summed E-state index contributed by atoms with van der Waals surface area (Å²) in [5, 5.41) is 36.9. The van der Waals surface area contributed by atoms with Crippen LogP contribution in [0.5, 0.6) is 11.5 Å². The highest BCUT2D eigenvalue weighted by Gasteiger charge is 2.29. The van der Waals surface area contributed by atoms with Gasteiger partial charge in [0, 0.05) is 13.8 Å². The molecule has 0 saturated carbocycles. The van der Waals surface area contributed by atoms with E-state index < -0.39 is 17.7 Å². The van der Waals surface area contributed by atoms with Crippen LogP contribution >= 0.6 is 0 Å². The number of ether oxygens (including phenoxy) is 1. The number of hydrogen-bond acceptors (Lipinski definition) is 9. The van der Waals surface area contributed by atoms with Crippen LogP contribution in [0.3, 0.4) is 0 Å². The lowest BCUT2D eigenvalue weighted by Gasteiger charge is -2.24. The number of phenolic OH excluding ortho intramolecular Hbond substituents is 2. The van der Waals surface area contributed by atoms with Gasteiger partial charge in [-0.3, -0.25) is 5.26 Å². The molecule has 2 rings (SSSR count). The molecule has 0 radical (unpaired) electrons. The molecule has 0 fully saturated rings. The van der Waals surface area contributed by atoms with E-state index in [1.807, 2.05) is 0 Å². The Morgan fingerprint density at radius 1 is 0.931 bits per heavy atom. The van der Waals surface area contributed by atoms with Crippen LogP contribution in [-0.4, -0.2) is 38.3 Å². The molecule has 156 valence electrons. The molecule has 0 aliphatic heterocycles. The normalized spacial score (nSPS) is 11.3. The maximum Gasteiger partial charge on any atom is 0.341 e. The van der Waals surface area contributed by atoms with E-state index in [4.69, 9.17) is 24.9 Å². The summed E-state index contributed by atoms with van der Waals surface area (Å²) >= 11 is 0. The van der Waals surface area contributed by atoms with Gasteiger partial charge in [0.25, 0.3) is 0 Å². The number of rotatable bonds is 9. The van der Waals surface area contributed by atoms with E-state index in [-0.39, 0.29) is 35.8 Å². The van der Waals surface area contributed by atoms with Gasteiger partial charge in [0.05, 0.1) is 11.1 Å². The molecule has 2 aromatic rings. The fourth-order valence-corrected chi connectivity index (χ4v) is 2.37. The summed E-state index contributed by atoms with van der Waals surface area (Å²) in [4.78, 5) is 37.8. The van der Waals surface area contributed by atoms with Gasteiger partial charge in [0.2, 0.25) is 5.79 Å². The van der Waals surface area contributed by atoms with Crippen LogP contribution in [0.25, 0.3) is 0 Å². The van der Waals surface area contributed by atoms with Crippen molar-refractivity contribution in [3.63, 3.8) is 0 Å². The number of aromatic hydroxyl groups is 2. The van der Waals surface area contributed by atoms with Crippen molar-refractivity contribution in [1.82, 2.24) is 0 Å². The average molecular weight is 408 g/mol. The molecule has 0 saturated heterocycles. The van der Waals surface area contributed by atoms with Crippen molar-refractivity contribution in [3.8, 4) is 11.5 Å². The molecule has 0 unspecified atom stereocenters. The Bertz CT molecular complexity index is 891. The van der Waals surface area contributed by atoms with Crippen molar-refractivity contribution in [1.29, 1.82) is 0 Å². The third-order valence-corrected chi connectivity index (χ3v) is 3.68. The number of carbonyl (C=O) groups is 2. The Morgan fingerprint density at radius 2 is 1.59 bits per heavy atom. The van der Waals surface area contributed by atoms with Gasteiger partial charge in [-0.15, -0.1) is 0 Å². The van der Waals surface area contributed by atoms with E-state index in [0.29, 0.717) is 11.1 Å². The van der Waals surface area contributed by atoms with Crippen LogP contribution in [0.4, 0.5) is 0 Å². The Hall–Kier alpha value is -3.18. The third-order valence-electron chi connectivity index (χ3n) is 3.68. The summed E-state index contributed by atoms with van der Waals surface area (Å²) in [5.74, 6) is -4.38. The molecule has 10 nitrogen and oxygen atoms in total. The summed E-state index contributed by atoms with van der Waals surface area (Å²) in [5.41, 5.74) is 0.263. The number of phenols is 2. The van der Waals surface area contributed by atoms with Gasteiger partial charge in [-0.25, -0.2) is 19.4 Å². The molecule has 2 aromatic carbocycles. The Kier molecular flexibility index (Phi) is 7.13. The molecule has 0 aliphatic rings. The molecule has 0 atom stereocenters. The van der Waals surface area contributed by atoms with Gasteiger partial charge in [-0.1, -0.05) is 6.07 Å². The van der Waals surface area contributed by atoms with E-state index >= 15 is 0 Å². The smallest absolute Gasteiger partial charge is 0.341 e. The lowest BCUT2D eigenvalue weighted by molar-refractivity contribution is -0.411. The molecule has 0 heterocycles. The Labute approximate surface area is 165 Å². The summed E-state index contributed by atoms with van der Waals surface area (Å²) in [6.45, 7) is 2.39. The van der Waals surface area contributed by atoms with Crippen LogP contribution in [0.15, 0.2) is 36.4 Å². The standard InChI is InChI=1S/C19H20O10/c1-19(2,28-18(24)16-8-14(21)5-6-15(16)17(22)23)29-27-10-12-7-13(20)4-3-11(12)9-26-25/h3-8,20-21,25H,9-10H2,1-2H3,(H,22,23). The highest BCUT2D eigenvalue weighted by molar-refractivity contribution is 6.02. The van der Waals surface area contributed by atoms with Gasteiger partial charge < -0.3 is 20.1 Å². The van der Waals surface area contributed by atoms with Crippen LogP contribution in [0.1, 0.15) is 45.7 Å². The lowest BCUT2D eigenvalue weighted by atomic mass is 10.1. The molecule has 4 N–H and O–H groups in total. The summed E-state index contributed by atoms with van der Waals surface area (Å²) in [6.07, 6.45) is 0. The minimum absolute atomic E-state index is 0.0407. The van der Waals surface area contributed by atoms with Crippen LogP contribution in [0, 0.1) is 0 Å². The highest BCUT2D eigenvalue weighted by Crippen LogP contribution is 2.23. The monoisotopic (exact) mass is 408 g/mol. The number of benzene rings is 2. The number of hydrogen-bond donors (Lipinski definition) is 4. The van der Waals surface area contributed by atoms with Gasteiger partial charge >= 0.3 is 11.9 Å². The number of carbonyl (C=O) groups excluding carboxylic acids is 1. The fraction of sp³-hybridized carbons (Fsp3) is 0.263. The van der Waals surface area contributed by atoms with E-state index in [1.54, 1.807) is 0 Å².